The summed E-state index contributed by atoms with van der Waals surface area (Å²) in [4.78, 5) is 11.7. The van der Waals surface area contributed by atoms with Crippen LogP contribution in [0.1, 0.15) is 61.4 Å². The summed E-state index contributed by atoms with van der Waals surface area (Å²) in [5.74, 6) is 0.115. The number of carbonyl (C=O) groups excluding carboxylic acids is 1. The van der Waals surface area contributed by atoms with Gasteiger partial charge in [0.05, 0.1) is 5.69 Å². The summed E-state index contributed by atoms with van der Waals surface area (Å²) in [6, 6.07) is 7.11. The van der Waals surface area contributed by atoms with Crippen LogP contribution in [0.5, 0.6) is 0 Å². The number of primary amides is 1. The summed E-state index contributed by atoms with van der Waals surface area (Å²) < 4.78 is 20.8. The molecule has 140 valence electrons. The molecular weight excluding hydrogens is 365 g/mol. The maximum atomic E-state index is 15.1. The highest BCUT2D eigenvalue weighted by Crippen LogP contribution is 2.46. The van der Waals surface area contributed by atoms with Gasteiger partial charge in [0, 0.05) is 29.5 Å². The molecule has 2 unspecified atom stereocenters. The van der Waals surface area contributed by atoms with Gasteiger partial charge in [0.25, 0.3) is 0 Å². The molecule has 6 nitrogen and oxygen atoms in total. The Hall–Kier alpha value is -2.22. The summed E-state index contributed by atoms with van der Waals surface area (Å²) in [5, 5.41) is 8.24. The van der Waals surface area contributed by atoms with Crippen LogP contribution < -0.4 is 5.73 Å². The zero-order valence-electron chi connectivity index (χ0n) is 14.9. The first kappa shape index (κ1) is 16.9. The molecule has 2 aromatic rings. The van der Waals surface area contributed by atoms with E-state index in [0.29, 0.717) is 23.1 Å². The molecular formula is C19H20FN5OS. The molecule has 2 heterocycles. The lowest BCUT2D eigenvalue weighted by Crippen LogP contribution is -2.39. The highest BCUT2D eigenvalue weighted by atomic mass is 32.2. The van der Waals surface area contributed by atoms with Crippen molar-refractivity contribution < 1.29 is 9.18 Å². The molecule has 5 rings (SSSR count). The van der Waals surface area contributed by atoms with Crippen molar-refractivity contribution in [2.45, 2.75) is 55.2 Å². The summed E-state index contributed by atoms with van der Waals surface area (Å²) >= 11 is 1.03. The van der Waals surface area contributed by atoms with Gasteiger partial charge in [-0.05, 0) is 56.4 Å². The van der Waals surface area contributed by atoms with Crippen LogP contribution in [0.3, 0.4) is 0 Å². The van der Waals surface area contributed by atoms with Gasteiger partial charge in [-0.15, -0.1) is 4.52 Å². The second kappa shape index (κ2) is 5.89. The van der Waals surface area contributed by atoms with Crippen molar-refractivity contribution in [1.82, 2.24) is 9.78 Å². The number of rotatable bonds is 5. The number of hydrogen-bond donors (Lipinski definition) is 1. The Morgan fingerprint density at radius 1 is 1.26 bits per heavy atom. The van der Waals surface area contributed by atoms with E-state index < -0.39 is 16.7 Å². The first-order chi connectivity index (χ1) is 13.0. The number of benzene rings is 1. The molecule has 2 atom stereocenters. The van der Waals surface area contributed by atoms with Crippen LogP contribution in [-0.2, 0) is 10.3 Å². The Morgan fingerprint density at radius 3 is 2.63 bits per heavy atom. The quantitative estimate of drug-likeness (QED) is 0.791. The van der Waals surface area contributed by atoms with Crippen LogP contribution in [0.25, 0.3) is 5.69 Å². The summed E-state index contributed by atoms with van der Waals surface area (Å²) in [6.45, 7) is 1.76. The molecule has 2 saturated carbocycles. The van der Waals surface area contributed by atoms with Crippen molar-refractivity contribution in [2.24, 2.45) is 15.4 Å². The van der Waals surface area contributed by atoms with Gasteiger partial charge < -0.3 is 5.73 Å². The van der Waals surface area contributed by atoms with E-state index in [1.807, 2.05) is 0 Å². The van der Waals surface area contributed by atoms with Crippen molar-refractivity contribution in [3.05, 3.63) is 47.0 Å². The van der Waals surface area contributed by atoms with Crippen molar-refractivity contribution >= 4 is 17.9 Å². The molecule has 2 fully saturated rings. The van der Waals surface area contributed by atoms with E-state index in [-0.39, 0.29) is 5.82 Å². The molecule has 1 aromatic heterocycles. The number of nitrogens with zero attached hydrogens (tertiary/aromatic N) is 4. The van der Waals surface area contributed by atoms with Crippen molar-refractivity contribution in [1.29, 1.82) is 0 Å². The lowest BCUT2D eigenvalue weighted by molar-refractivity contribution is -0.118. The lowest BCUT2D eigenvalue weighted by Gasteiger charge is -2.25. The van der Waals surface area contributed by atoms with Crippen molar-refractivity contribution in [2.75, 3.05) is 0 Å². The van der Waals surface area contributed by atoms with Crippen LogP contribution >= 0.6 is 11.9 Å². The summed E-state index contributed by atoms with van der Waals surface area (Å²) in [5.41, 5.74) is 7.71. The third-order valence-electron chi connectivity index (χ3n) is 5.68. The summed E-state index contributed by atoms with van der Waals surface area (Å²) in [6.07, 6.45) is 4.59. The Morgan fingerprint density at radius 2 is 2.00 bits per heavy atom. The monoisotopic (exact) mass is 385 g/mol. The maximum Gasteiger partial charge on any atom is 0.235 e. The van der Waals surface area contributed by atoms with Gasteiger partial charge in [0.1, 0.15) is 22.3 Å². The third kappa shape index (κ3) is 2.77. The Kier molecular flexibility index (Phi) is 3.69. The lowest BCUT2D eigenvalue weighted by atomic mass is 9.88. The number of halogens is 1. The average molecular weight is 385 g/mol. The predicted octanol–water partition coefficient (Wildman–Crippen LogP) is 3.95. The molecule has 1 aliphatic heterocycles. The number of amides is 1. The minimum absolute atomic E-state index is 0.378. The minimum atomic E-state index is -0.960. The van der Waals surface area contributed by atoms with Gasteiger partial charge in [-0.25, -0.2) is 9.07 Å². The SMILES string of the molecule is CC1(c2ccc(-n3nc(C4CC4)cc3C3CC3)c(F)c2)N=NSC1C(N)=O. The smallest absolute Gasteiger partial charge is 0.235 e. The first-order valence-electron chi connectivity index (χ1n) is 9.25. The van der Waals surface area contributed by atoms with E-state index in [1.165, 1.54) is 6.07 Å². The second-order valence-electron chi connectivity index (χ2n) is 7.84. The van der Waals surface area contributed by atoms with Crippen LogP contribution in [0.2, 0.25) is 0 Å². The fourth-order valence-corrected chi connectivity index (χ4v) is 4.50. The largest absolute Gasteiger partial charge is 0.369 e. The molecule has 0 saturated heterocycles. The van der Waals surface area contributed by atoms with E-state index >= 15 is 4.39 Å². The van der Waals surface area contributed by atoms with E-state index in [4.69, 9.17) is 10.8 Å². The predicted molar refractivity (Wildman–Crippen MR) is 100 cm³/mol. The van der Waals surface area contributed by atoms with Crippen LogP contribution in [0.4, 0.5) is 4.39 Å². The van der Waals surface area contributed by atoms with Gasteiger partial charge in [-0.2, -0.15) is 10.2 Å². The Labute approximate surface area is 160 Å². The summed E-state index contributed by atoms with van der Waals surface area (Å²) in [7, 11) is 0. The second-order valence-corrected chi connectivity index (χ2v) is 8.68. The van der Waals surface area contributed by atoms with E-state index in [0.717, 1.165) is 49.0 Å². The van der Waals surface area contributed by atoms with Crippen molar-refractivity contribution in [3.8, 4) is 5.69 Å². The maximum absolute atomic E-state index is 15.1. The number of nitrogens with two attached hydrogens (primary N) is 1. The number of hydrogen-bond acceptors (Lipinski definition) is 5. The standard InChI is InChI=1S/C19H20FN5OS/c1-19(17(18(21)26)27-24-23-19)12-6-7-15(13(20)8-12)25-16(11-4-5-11)9-14(22-25)10-2-3-10/h6-11,17H,2-5H2,1H3,(H2,21,26). The average Bonchev–Trinajstić information content (AvgIpc) is 3.57. The number of aromatic nitrogens is 2. The minimum Gasteiger partial charge on any atom is -0.369 e. The van der Waals surface area contributed by atoms with E-state index in [9.17, 15) is 4.79 Å². The van der Waals surface area contributed by atoms with Gasteiger partial charge in [-0.1, -0.05) is 6.07 Å². The highest BCUT2D eigenvalue weighted by Gasteiger charge is 2.45. The van der Waals surface area contributed by atoms with E-state index in [1.54, 1.807) is 23.7 Å². The van der Waals surface area contributed by atoms with Crippen molar-refractivity contribution in [3.63, 3.8) is 0 Å². The molecule has 3 aliphatic rings. The molecule has 0 spiro atoms. The fraction of sp³-hybridized carbons (Fsp3) is 0.474. The van der Waals surface area contributed by atoms with Gasteiger partial charge >= 0.3 is 0 Å². The molecule has 27 heavy (non-hydrogen) atoms. The highest BCUT2D eigenvalue weighted by molar-refractivity contribution is 7.99. The topological polar surface area (TPSA) is 85.6 Å². The Balaban J connectivity index is 1.54. The van der Waals surface area contributed by atoms with Gasteiger partial charge in [0.15, 0.2) is 0 Å². The molecule has 8 heteroatoms. The first-order valence-corrected chi connectivity index (χ1v) is 10.1. The van der Waals surface area contributed by atoms with Crippen LogP contribution in [0.15, 0.2) is 33.9 Å². The third-order valence-corrected chi connectivity index (χ3v) is 6.76. The zero-order valence-corrected chi connectivity index (χ0v) is 15.7. The number of carbonyl (C=O) groups is 1. The molecule has 0 bridgehead atoms. The molecule has 2 N–H and O–H groups in total. The van der Waals surface area contributed by atoms with E-state index in [2.05, 4.69) is 15.7 Å². The molecule has 0 radical (unpaired) electrons. The fourth-order valence-electron chi connectivity index (χ4n) is 3.70. The Bertz CT molecular complexity index is 965. The molecule has 1 aromatic carbocycles. The zero-order chi connectivity index (χ0) is 18.8. The molecule has 2 aliphatic carbocycles. The van der Waals surface area contributed by atoms with Crippen LogP contribution in [-0.4, -0.2) is 20.9 Å². The van der Waals surface area contributed by atoms with Gasteiger partial charge in [0.2, 0.25) is 5.91 Å². The normalized spacial score (nSPS) is 27.3. The van der Waals surface area contributed by atoms with Crippen LogP contribution in [0, 0.1) is 5.82 Å². The molecule has 1 amide bonds. The van der Waals surface area contributed by atoms with Gasteiger partial charge in [-0.3, -0.25) is 4.79 Å².